The van der Waals surface area contributed by atoms with Gasteiger partial charge in [-0.25, -0.2) is 0 Å². The summed E-state index contributed by atoms with van der Waals surface area (Å²) >= 11 is 0. The monoisotopic (exact) mass is 110 g/mol. The summed E-state index contributed by atoms with van der Waals surface area (Å²) in [6.45, 7) is 4.83. The summed E-state index contributed by atoms with van der Waals surface area (Å²) in [6.07, 6.45) is 3.09. The third kappa shape index (κ3) is 0.375. The number of hydrogen-bond acceptors (Lipinski definition) is 0. The van der Waals surface area contributed by atoms with Crippen LogP contribution in [0.2, 0.25) is 0 Å². The van der Waals surface area contributed by atoms with Crippen molar-refractivity contribution < 1.29 is 0 Å². The first-order valence-electron chi connectivity index (χ1n) is 3.79. The Morgan fingerprint density at radius 1 is 1.12 bits per heavy atom. The zero-order valence-corrected chi connectivity index (χ0v) is 5.72. The molecule has 0 radical (unpaired) electrons. The summed E-state index contributed by atoms with van der Waals surface area (Å²) in [4.78, 5) is 0. The Labute approximate surface area is 51.3 Å². The molecule has 3 rings (SSSR count). The molecule has 46 valence electrons. The second-order valence-electron chi connectivity index (χ2n) is 3.73. The van der Waals surface area contributed by atoms with E-state index >= 15 is 0 Å². The van der Waals surface area contributed by atoms with Crippen LogP contribution in [0.3, 0.4) is 0 Å². The van der Waals surface area contributed by atoms with Crippen molar-refractivity contribution in [1.29, 1.82) is 0 Å². The second-order valence-corrected chi connectivity index (χ2v) is 3.73. The average molecular weight is 110 g/mol. The third-order valence-corrected chi connectivity index (χ3v) is 3.40. The van der Waals surface area contributed by atoms with Crippen molar-refractivity contribution in [2.24, 2.45) is 23.7 Å². The molecule has 0 heteroatoms. The lowest BCUT2D eigenvalue weighted by Gasteiger charge is -2.33. The molecule has 3 aliphatic carbocycles. The van der Waals surface area contributed by atoms with Crippen LogP contribution in [0.25, 0.3) is 0 Å². The highest BCUT2D eigenvalue weighted by Gasteiger charge is 2.47. The van der Waals surface area contributed by atoms with Crippen LogP contribution >= 0.6 is 0 Å². The van der Waals surface area contributed by atoms with Crippen LogP contribution in [0.15, 0.2) is 0 Å². The molecule has 0 amide bonds. The Morgan fingerprint density at radius 3 is 2.00 bits per heavy atom. The molecule has 3 fully saturated rings. The van der Waals surface area contributed by atoms with Gasteiger partial charge in [-0.3, -0.25) is 0 Å². The van der Waals surface area contributed by atoms with E-state index in [-0.39, 0.29) is 0 Å². The first-order valence-corrected chi connectivity index (χ1v) is 3.79. The highest BCUT2D eigenvalue weighted by molar-refractivity contribution is 4.97. The van der Waals surface area contributed by atoms with Crippen molar-refractivity contribution in [1.82, 2.24) is 0 Å². The molecular weight excluding hydrogens is 96.1 g/mol. The molecule has 4 atom stereocenters. The predicted octanol–water partition coefficient (Wildman–Crippen LogP) is 2.30. The van der Waals surface area contributed by atoms with Gasteiger partial charge in [0.05, 0.1) is 0 Å². The predicted molar refractivity (Wildman–Crippen MR) is 34.5 cm³/mol. The fourth-order valence-electron chi connectivity index (χ4n) is 2.65. The van der Waals surface area contributed by atoms with Gasteiger partial charge in [-0.2, -0.15) is 0 Å². The van der Waals surface area contributed by atoms with Gasteiger partial charge < -0.3 is 0 Å². The highest BCUT2D eigenvalue weighted by atomic mass is 14.5. The van der Waals surface area contributed by atoms with Crippen LogP contribution in [0, 0.1) is 23.7 Å². The summed E-state index contributed by atoms with van der Waals surface area (Å²) in [5.74, 6) is 4.41. The molecule has 0 aromatic rings. The van der Waals surface area contributed by atoms with Gasteiger partial charge in [-0.05, 0) is 36.5 Å². The first kappa shape index (κ1) is 4.84. The maximum absolute atomic E-state index is 2.42. The van der Waals surface area contributed by atoms with E-state index in [4.69, 9.17) is 0 Å². The molecule has 0 N–H and O–H groups in total. The number of fused-ring (bicyclic) bond motifs is 1. The average Bonchev–Trinajstić information content (AvgIpc) is 2.19. The van der Waals surface area contributed by atoms with Gasteiger partial charge in [0.1, 0.15) is 0 Å². The molecule has 2 unspecified atom stereocenters. The molecule has 0 saturated heterocycles. The molecular formula is C8H14. The lowest BCUT2D eigenvalue weighted by atomic mass is 9.72. The van der Waals surface area contributed by atoms with Crippen molar-refractivity contribution in [3.63, 3.8) is 0 Å². The van der Waals surface area contributed by atoms with Gasteiger partial charge >= 0.3 is 0 Å². The summed E-state index contributed by atoms with van der Waals surface area (Å²) in [7, 11) is 0. The van der Waals surface area contributed by atoms with E-state index in [1.165, 1.54) is 6.42 Å². The summed E-state index contributed by atoms with van der Waals surface area (Å²) in [5.41, 5.74) is 0. The topological polar surface area (TPSA) is 0 Å². The summed E-state index contributed by atoms with van der Waals surface area (Å²) in [6, 6.07) is 0. The standard InChI is InChI=1S/C8H14/c1-5-3-7-4-8(5)6(7)2/h5-8H,3-4H2,1-2H3/t5?,6-,7?,8-/m1/s1. The molecule has 0 heterocycles. The quantitative estimate of drug-likeness (QED) is 0.449. The van der Waals surface area contributed by atoms with Gasteiger partial charge in [0.25, 0.3) is 0 Å². The Bertz CT molecular complexity index is 103. The molecule has 0 nitrogen and oxygen atoms in total. The zero-order valence-electron chi connectivity index (χ0n) is 5.72. The molecule has 3 aliphatic rings. The summed E-state index contributed by atoms with van der Waals surface area (Å²) < 4.78 is 0. The van der Waals surface area contributed by atoms with Crippen LogP contribution in [-0.4, -0.2) is 0 Å². The van der Waals surface area contributed by atoms with E-state index in [2.05, 4.69) is 13.8 Å². The van der Waals surface area contributed by atoms with E-state index in [0.717, 1.165) is 23.7 Å². The van der Waals surface area contributed by atoms with Crippen LogP contribution in [0.4, 0.5) is 0 Å². The highest BCUT2D eigenvalue weighted by Crippen LogP contribution is 2.56. The lowest BCUT2D eigenvalue weighted by molar-refractivity contribution is 0.163. The SMILES string of the molecule is CC1CC2C[C@H]1[C@@H]2C. The van der Waals surface area contributed by atoms with Gasteiger partial charge in [0.2, 0.25) is 0 Å². The molecule has 3 saturated carbocycles. The zero-order chi connectivity index (χ0) is 5.72. The molecule has 0 aromatic carbocycles. The second kappa shape index (κ2) is 1.29. The Balaban J connectivity index is 2.13. The molecule has 2 bridgehead atoms. The van der Waals surface area contributed by atoms with Crippen LogP contribution in [-0.2, 0) is 0 Å². The molecule has 0 aliphatic heterocycles. The smallest absolute Gasteiger partial charge is 0.0357 e. The van der Waals surface area contributed by atoms with E-state index in [9.17, 15) is 0 Å². The van der Waals surface area contributed by atoms with Gasteiger partial charge in [-0.15, -0.1) is 0 Å². The van der Waals surface area contributed by atoms with Crippen molar-refractivity contribution >= 4 is 0 Å². The minimum absolute atomic E-state index is 1.06. The normalized spacial score (nSPS) is 60.8. The Hall–Kier alpha value is 0. The maximum atomic E-state index is 2.42. The lowest BCUT2D eigenvalue weighted by Crippen LogP contribution is -2.25. The Morgan fingerprint density at radius 2 is 1.88 bits per heavy atom. The van der Waals surface area contributed by atoms with Crippen LogP contribution in [0.1, 0.15) is 26.7 Å². The fraction of sp³-hybridized carbons (Fsp3) is 1.00. The van der Waals surface area contributed by atoms with E-state index in [1.54, 1.807) is 6.42 Å². The van der Waals surface area contributed by atoms with Crippen molar-refractivity contribution in [3.8, 4) is 0 Å². The van der Waals surface area contributed by atoms with Crippen molar-refractivity contribution in [3.05, 3.63) is 0 Å². The van der Waals surface area contributed by atoms with E-state index in [1.807, 2.05) is 0 Å². The molecule has 0 aromatic heterocycles. The number of rotatable bonds is 0. The Kier molecular flexibility index (Phi) is 0.778. The fourth-order valence-corrected chi connectivity index (χ4v) is 2.65. The van der Waals surface area contributed by atoms with Crippen LogP contribution in [0.5, 0.6) is 0 Å². The first-order chi connectivity index (χ1) is 3.79. The number of hydrogen-bond donors (Lipinski definition) is 0. The van der Waals surface area contributed by atoms with Crippen molar-refractivity contribution in [2.75, 3.05) is 0 Å². The van der Waals surface area contributed by atoms with E-state index in [0.29, 0.717) is 0 Å². The van der Waals surface area contributed by atoms with Crippen molar-refractivity contribution in [2.45, 2.75) is 26.7 Å². The largest absolute Gasteiger partial charge is 0.0622 e. The van der Waals surface area contributed by atoms with Crippen LogP contribution < -0.4 is 0 Å². The van der Waals surface area contributed by atoms with Gasteiger partial charge in [0.15, 0.2) is 0 Å². The van der Waals surface area contributed by atoms with E-state index < -0.39 is 0 Å². The minimum Gasteiger partial charge on any atom is -0.0622 e. The van der Waals surface area contributed by atoms with Gasteiger partial charge in [0, 0.05) is 0 Å². The molecule has 8 heavy (non-hydrogen) atoms. The van der Waals surface area contributed by atoms with Gasteiger partial charge in [-0.1, -0.05) is 13.8 Å². The minimum atomic E-state index is 1.06. The molecule has 0 spiro atoms. The summed E-state index contributed by atoms with van der Waals surface area (Å²) in [5, 5.41) is 0. The third-order valence-electron chi connectivity index (χ3n) is 3.40. The maximum Gasteiger partial charge on any atom is -0.0357 e.